The molecule has 0 unspecified atom stereocenters. The Labute approximate surface area is 430 Å². The number of allylic oxidation sites excluding steroid dienone is 22. The Kier molecular flexibility index (Phi) is 53.5. The molecule has 0 fully saturated rings. The molecule has 0 N–H and O–H groups in total. The van der Waals surface area contributed by atoms with Crippen LogP contribution in [-0.2, 0) is 28.6 Å². The van der Waals surface area contributed by atoms with Crippen molar-refractivity contribution in [3.63, 3.8) is 0 Å². The molecule has 0 aromatic carbocycles. The van der Waals surface area contributed by atoms with Gasteiger partial charge in [0.25, 0.3) is 0 Å². The zero-order valence-electron chi connectivity index (χ0n) is 45.0. The normalized spacial score (nSPS) is 13.1. The molecular formula is C64H102O6. The molecule has 0 saturated heterocycles. The van der Waals surface area contributed by atoms with Gasteiger partial charge in [0.1, 0.15) is 13.2 Å². The SMILES string of the molecule is CC/C=C/C/C=C/C/C=C/C/C=C/C/C=C/C/C=C/CCC(=O)OC[C@@H](COC(=O)CCCCCCCCCCCCCCCC)OC(=O)CCCCC/C=C/C/C=C/C/C=C/C/C=C/C/C=C/CC. The van der Waals surface area contributed by atoms with Crippen molar-refractivity contribution < 1.29 is 28.6 Å². The first-order chi connectivity index (χ1) is 34.5. The fourth-order valence-corrected chi connectivity index (χ4v) is 7.26. The van der Waals surface area contributed by atoms with Crippen LogP contribution in [0.5, 0.6) is 0 Å². The van der Waals surface area contributed by atoms with Gasteiger partial charge in [-0.2, -0.15) is 0 Å². The maximum atomic E-state index is 12.8. The fraction of sp³-hybridized carbons (Fsp3) is 0.609. The highest BCUT2D eigenvalue weighted by atomic mass is 16.6. The van der Waals surface area contributed by atoms with E-state index in [-0.39, 0.29) is 44.0 Å². The topological polar surface area (TPSA) is 78.9 Å². The molecule has 0 aromatic rings. The molecule has 70 heavy (non-hydrogen) atoms. The lowest BCUT2D eigenvalue weighted by molar-refractivity contribution is -0.166. The minimum Gasteiger partial charge on any atom is -0.462 e. The molecule has 6 nitrogen and oxygen atoms in total. The highest BCUT2D eigenvalue weighted by molar-refractivity contribution is 5.71. The van der Waals surface area contributed by atoms with Crippen LogP contribution in [-0.4, -0.2) is 37.2 Å². The molecular weight excluding hydrogens is 865 g/mol. The monoisotopic (exact) mass is 967 g/mol. The van der Waals surface area contributed by atoms with Gasteiger partial charge in [-0.1, -0.05) is 244 Å². The molecule has 0 radical (unpaired) electrons. The fourth-order valence-electron chi connectivity index (χ4n) is 7.26. The maximum absolute atomic E-state index is 12.8. The third-order valence-corrected chi connectivity index (χ3v) is 11.4. The van der Waals surface area contributed by atoms with Gasteiger partial charge in [0, 0.05) is 19.3 Å². The van der Waals surface area contributed by atoms with E-state index < -0.39 is 6.10 Å². The predicted octanol–water partition coefficient (Wildman–Crippen LogP) is 19.0. The van der Waals surface area contributed by atoms with Crippen molar-refractivity contribution in [2.24, 2.45) is 0 Å². The number of carbonyl (C=O) groups is 3. The van der Waals surface area contributed by atoms with Gasteiger partial charge in [-0.3, -0.25) is 14.4 Å². The van der Waals surface area contributed by atoms with Crippen molar-refractivity contribution >= 4 is 17.9 Å². The van der Waals surface area contributed by atoms with E-state index in [9.17, 15) is 14.4 Å². The summed E-state index contributed by atoms with van der Waals surface area (Å²) in [7, 11) is 0. The summed E-state index contributed by atoms with van der Waals surface area (Å²) < 4.78 is 16.8. The van der Waals surface area contributed by atoms with Crippen LogP contribution in [0.3, 0.4) is 0 Å². The highest BCUT2D eigenvalue weighted by Crippen LogP contribution is 2.14. The van der Waals surface area contributed by atoms with E-state index in [0.717, 1.165) is 109 Å². The van der Waals surface area contributed by atoms with Gasteiger partial charge >= 0.3 is 17.9 Å². The molecule has 0 spiro atoms. The van der Waals surface area contributed by atoms with Crippen molar-refractivity contribution in [3.8, 4) is 0 Å². The van der Waals surface area contributed by atoms with E-state index >= 15 is 0 Å². The van der Waals surface area contributed by atoms with Crippen molar-refractivity contribution in [2.75, 3.05) is 13.2 Å². The average molecular weight is 968 g/mol. The Morgan fingerprint density at radius 2 is 0.586 bits per heavy atom. The summed E-state index contributed by atoms with van der Waals surface area (Å²) in [5, 5.41) is 0. The first-order valence-electron chi connectivity index (χ1n) is 28.2. The second kappa shape index (κ2) is 57.1. The first kappa shape index (κ1) is 65.5. The van der Waals surface area contributed by atoms with Crippen molar-refractivity contribution in [1.29, 1.82) is 0 Å². The number of esters is 3. The van der Waals surface area contributed by atoms with Gasteiger partial charge in [0.15, 0.2) is 6.10 Å². The van der Waals surface area contributed by atoms with Crippen molar-refractivity contribution in [1.82, 2.24) is 0 Å². The molecule has 0 bridgehead atoms. The molecule has 0 aliphatic heterocycles. The number of hydrogen-bond donors (Lipinski definition) is 0. The van der Waals surface area contributed by atoms with Gasteiger partial charge in [-0.25, -0.2) is 0 Å². The highest BCUT2D eigenvalue weighted by Gasteiger charge is 2.19. The molecule has 0 aliphatic carbocycles. The van der Waals surface area contributed by atoms with Crippen molar-refractivity contribution in [2.45, 2.75) is 239 Å². The summed E-state index contributed by atoms with van der Waals surface area (Å²) in [6, 6.07) is 0. The lowest BCUT2D eigenvalue weighted by Crippen LogP contribution is -2.30. The molecule has 0 amide bonds. The van der Waals surface area contributed by atoms with Crippen LogP contribution in [0.1, 0.15) is 233 Å². The second-order valence-electron chi connectivity index (χ2n) is 18.1. The average Bonchev–Trinajstić information content (AvgIpc) is 3.36. The predicted molar refractivity (Wildman–Crippen MR) is 302 cm³/mol. The summed E-state index contributed by atoms with van der Waals surface area (Å²) in [4.78, 5) is 38.1. The standard InChI is InChI=1S/C64H102O6/c1-4-7-10-13-16-19-22-25-28-30-32-34-36-39-42-45-48-51-54-57-63(66)69-60-61(59-68-62(65)56-53-50-47-44-41-38-27-24-21-18-15-12-9-6-3)70-64(67)58-55-52-49-46-43-40-37-35-33-31-29-26-23-20-17-14-11-8-5-2/h7-8,10-11,16-17,19-20,25-26,28-29,32-35,39-40,42-43,48,51,61H,4-6,9,12-15,18,21-24,27,30-31,36-38,41,44-47,49-50,52-60H2,1-3H3/b10-7+,11-8+,19-16+,20-17+,28-25+,29-26+,34-32+,35-33+,42-39+,43-40+,51-48+/t61-/m1/s1. The van der Waals surface area contributed by atoms with E-state index in [1.807, 2.05) is 12.2 Å². The van der Waals surface area contributed by atoms with E-state index in [1.54, 1.807) is 0 Å². The van der Waals surface area contributed by atoms with Gasteiger partial charge < -0.3 is 14.2 Å². The molecule has 0 saturated carbocycles. The summed E-state index contributed by atoms with van der Waals surface area (Å²) in [5.41, 5.74) is 0. The lowest BCUT2D eigenvalue weighted by Gasteiger charge is -2.18. The zero-order chi connectivity index (χ0) is 50.7. The Bertz CT molecular complexity index is 1530. The minimum absolute atomic E-state index is 0.117. The quantitative estimate of drug-likeness (QED) is 0.0262. The van der Waals surface area contributed by atoms with Gasteiger partial charge in [-0.05, 0) is 103 Å². The number of ether oxygens (including phenoxy) is 3. The molecule has 394 valence electrons. The second-order valence-corrected chi connectivity index (χ2v) is 18.1. The number of carbonyl (C=O) groups excluding carboxylic acids is 3. The Hall–Kier alpha value is -4.45. The van der Waals surface area contributed by atoms with Gasteiger partial charge in [0.05, 0.1) is 0 Å². The molecule has 0 heterocycles. The largest absolute Gasteiger partial charge is 0.462 e. The summed E-state index contributed by atoms with van der Waals surface area (Å²) in [6.07, 6.45) is 80.2. The molecule has 0 aliphatic rings. The van der Waals surface area contributed by atoms with Gasteiger partial charge in [-0.15, -0.1) is 0 Å². The van der Waals surface area contributed by atoms with E-state index in [2.05, 4.69) is 142 Å². The van der Waals surface area contributed by atoms with Crippen LogP contribution in [0.25, 0.3) is 0 Å². The van der Waals surface area contributed by atoms with Crippen LogP contribution >= 0.6 is 0 Å². The van der Waals surface area contributed by atoms with Crippen LogP contribution in [0, 0.1) is 0 Å². The maximum Gasteiger partial charge on any atom is 0.306 e. The minimum atomic E-state index is -0.830. The van der Waals surface area contributed by atoms with E-state index in [1.165, 1.54) is 70.6 Å². The lowest BCUT2D eigenvalue weighted by atomic mass is 10.0. The zero-order valence-corrected chi connectivity index (χ0v) is 45.0. The molecule has 6 heteroatoms. The van der Waals surface area contributed by atoms with Crippen molar-refractivity contribution in [3.05, 3.63) is 134 Å². The Balaban J connectivity index is 4.58. The Morgan fingerprint density at radius 3 is 0.957 bits per heavy atom. The third kappa shape index (κ3) is 54.5. The molecule has 0 aromatic heterocycles. The van der Waals surface area contributed by atoms with Crippen LogP contribution in [0.15, 0.2) is 134 Å². The third-order valence-electron chi connectivity index (χ3n) is 11.4. The summed E-state index contributed by atoms with van der Waals surface area (Å²) >= 11 is 0. The number of rotatable bonds is 49. The Morgan fingerprint density at radius 1 is 0.300 bits per heavy atom. The van der Waals surface area contributed by atoms with Crippen LogP contribution in [0.2, 0.25) is 0 Å². The first-order valence-corrected chi connectivity index (χ1v) is 28.2. The van der Waals surface area contributed by atoms with Gasteiger partial charge in [0.2, 0.25) is 0 Å². The number of unbranched alkanes of at least 4 members (excludes halogenated alkanes) is 16. The summed E-state index contributed by atoms with van der Waals surface area (Å²) in [5.74, 6) is -1.04. The summed E-state index contributed by atoms with van der Waals surface area (Å²) in [6.45, 7) is 6.31. The van der Waals surface area contributed by atoms with E-state index in [4.69, 9.17) is 14.2 Å². The smallest absolute Gasteiger partial charge is 0.306 e. The van der Waals surface area contributed by atoms with E-state index in [0.29, 0.717) is 19.3 Å². The van der Waals surface area contributed by atoms with Crippen LogP contribution in [0.4, 0.5) is 0 Å². The molecule has 0 rings (SSSR count). The number of hydrogen-bond acceptors (Lipinski definition) is 6. The van der Waals surface area contributed by atoms with Crippen LogP contribution < -0.4 is 0 Å². The molecule has 1 atom stereocenters.